The molecule has 9 nitrogen and oxygen atoms in total. The third-order valence-corrected chi connectivity index (χ3v) is 6.38. The van der Waals surface area contributed by atoms with Crippen LogP contribution in [0.5, 0.6) is 5.75 Å². The molecule has 0 atom stereocenters. The van der Waals surface area contributed by atoms with E-state index in [-0.39, 0.29) is 24.5 Å². The normalized spacial score (nSPS) is 14.7. The van der Waals surface area contributed by atoms with E-state index in [1.54, 1.807) is 36.4 Å². The Labute approximate surface area is 175 Å². The van der Waals surface area contributed by atoms with Gasteiger partial charge in [0.1, 0.15) is 5.75 Å². The van der Waals surface area contributed by atoms with Crippen molar-refractivity contribution in [3.8, 4) is 5.75 Å². The second-order valence-electron chi connectivity index (χ2n) is 6.48. The lowest BCUT2D eigenvalue weighted by molar-refractivity contribution is -0.115. The Morgan fingerprint density at radius 2 is 1.83 bits per heavy atom. The molecule has 10 heteroatoms. The minimum Gasteiger partial charge on any atom is -0.496 e. The largest absolute Gasteiger partial charge is 0.496 e. The molecule has 2 N–H and O–H groups in total. The Hall–Kier alpha value is -2.95. The summed E-state index contributed by atoms with van der Waals surface area (Å²) in [6.45, 7) is 0.988. The fraction of sp³-hybridized carbons (Fsp3) is 0.300. The first-order valence-electron chi connectivity index (χ1n) is 9.31. The fourth-order valence-electron chi connectivity index (χ4n) is 2.96. The number of benzene rings is 2. The number of hydrogen-bond acceptors (Lipinski definition) is 6. The van der Waals surface area contributed by atoms with Crippen LogP contribution in [0.15, 0.2) is 53.4 Å². The zero-order valence-corrected chi connectivity index (χ0v) is 17.3. The maximum Gasteiger partial charge on any atom is 0.255 e. The van der Waals surface area contributed by atoms with Crippen LogP contribution in [-0.4, -0.2) is 64.5 Å². The average Bonchev–Trinajstić information content (AvgIpc) is 2.78. The van der Waals surface area contributed by atoms with Gasteiger partial charge in [0.25, 0.3) is 5.91 Å². The van der Waals surface area contributed by atoms with Gasteiger partial charge in [-0.15, -0.1) is 0 Å². The van der Waals surface area contributed by atoms with Crippen molar-refractivity contribution < 1.29 is 27.5 Å². The molecule has 1 fully saturated rings. The van der Waals surface area contributed by atoms with Crippen LogP contribution in [0.1, 0.15) is 10.4 Å². The van der Waals surface area contributed by atoms with E-state index in [9.17, 15) is 18.0 Å². The molecule has 2 amide bonds. The predicted octanol–water partition coefficient (Wildman–Crippen LogP) is 1.08. The van der Waals surface area contributed by atoms with Crippen LogP contribution < -0.4 is 15.4 Å². The van der Waals surface area contributed by atoms with Gasteiger partial charge < -0.3 is 20.1 Å². The number of carbonyl (C=O) groups excluding carboxylic acids is 2. The van der Waals surface area contributed by atoms with Crippen LogP contribution in [-0.2, 0) is 19.6 Å². The van der Waals surface area contributed by atoms with Crippen molar-refractivity contribution in [3.63, 3.8) is 0 Å². The number of carbonyl (C=O) groups is 2. The van der Waals surface area contributed by atoms with E-state index in [1.807, 2.05) is 0 Å². The second-order valence-corrected chi connectivity index (χ2v) is 8.41. The number of anilines is 1. The highest BCUT2D eigenvalue weighted by Gasteiger charge is 2.26. The maximum atomic E-state index is 12.7. The summed E-state index contributed by atoms with van der Waals surface area (Å²) < 4.78 is 37.2. The Morgan fingerprint density at radius 3 is 2.57 bits per heavy atom. The number of sulfonamides is 1. The van der Waals surface area contributed by atoms with Gasteiger partial charge in [0.05, 0.1) is 37.3 Å². The van der Waals surface area contributed by atoms with Crippen molar-refractivity contribution in [2.45, 2.75) is 4.90 Å². The molecule has 0 bridgehead atoms. The van der Waals surface area contributed by atoms with Crippen molar-refractivity contribution in [2.24, 2.45) is 0 Å². The van der Waals surface area contributed by atoms with Crippen molar-refractivity contribution in [3.05, 3.63) is 54.1 Å². The molecule has 2 aromatic rings. The summed E-state index contributed by atoms with van der Waals surface area (Å²) in [5, 5.41) is 5.12. The highest BCUT2D eigenvalue weighted by atomic mass is 32.2. The van der Waals surface area contributed by atoms with E-state index in [2.05, 4.69) is 10.6 Å². The Kier molecular flexibility index (Phi) is 7.03. The molecular weight excluding hydrogens is 410 g/mol. The van der Waals surface area contributed by atoms with E-state index >= 15 is 0 Å². The zero-order valence-electron chi connectivity index (χ0n) is 16.5. The summed E-state index contributed by atoms with van der Waals surface area (Å²) in [7, 11) is -2.22. The monoisotopic (exact) mass is 433 g/mol. The van der Waals surface area contributed by atoms with E-state index in [0.717, 1.165) is 0 Å². The van der Waals surface area contributed by atoms with Gasteiger partial charge in [-0.25, -0.2) is 8.42 Å². The lowest BCUT2D eigenvalue weighted by atomic mass is 10.2. The van der Waals surface area contributed by atoms with Gasteiger partial charge in [0, 0.05) is 18.8 Å². The van der Waals surface area contributed by atoms with Crippen molar-refractivity contribution >= 4 is 27.5 Å². The van der Waals surface area contributed by atoms with Crippen LogP contribution >= 0.6 is 0 Å². The summed E-state index contributed by atoms with van der Waals surface area (Å²) in [4.78, 5) is 24.6. The van der Waals surface area contributed by atoms with E-state index in [4.69, 9.17) is 9.47 Å². The number of ether oxygens (including phenoxy) is 2. The Bertz CT molecular complexity index is 1020. The lowest BCUT2D eigenvalue weighted by Crippen LogP contribution is -2.40. The average molecular weight is 433 g/mol. The molecule has 0 unspecified atom stereocenters. The van der Waals surface area contributed by atoms with Gasteiger partial charge in [0.15, 0.2) is 0 Å². The smallest absolute Gasteiger partial charge is 0.255 e. The quantitative estimate of drug-likeness (QED) is 0.676. The molecular formula is C20H23N3O6S. The number of nitrogens with one attached hydrogen (secondary N) is 2. The van der Waals surface area contributed by atoms with Crippen molar-refractivity contribution in [2.75, 3.05) is 45.3 Å². The molecule has 0 aromatic heterocycles. The highest BCUT2D eigenvalue weighted by Crippen LogP contribution is 2.21. The van der Waals surface area contributed by atoms with E-state index in [0.29, 0.717) is 30.2 Å². The number of para-hydroxylation sites is 1. The standard InChI is InChI=1S/C20H23N3O6S/c1-28-18-8-3-2-7-17(18)20(25)21-14-19(24)22-15-5-4-6-16(13-15)30(26,27)23-9-11-29-12-10-23/h2-8,13H,9-12,14H2,1H3,(H,21,25)(H,22,24). The van der Waals surface area contributed by atoms with E-state index < -0.39 is 21.8 Å². The predicted molar refractivity (Wildman–Crippen MR) is 110 cm³/mol. The molecule has 0 spiro atoms. The topological polar surface area (TPSA) is 114 Å². The Balaban J connectivity index is 1.62. The molecule has 1 saturated heterocycles. The van der Waals surface area contributed by atoms with Crippen LogP contribution in [0.2, 0.25) is 0 Å². The number of hydrogen-bond donors (Lipinski definition) is 2. The molecule has 2 aromatic carbocycles. The molecule has 0 radical (unpaired) electrons. The maximum absolute atomic E-state index is 12.7. The molecule has 160 valence electrons. The van der Waals surface area contributed by atoms with Crippen LogP contribution in [0, 0.1) is 0 Å². The molecule has 1 heterocycles. The van der Waals surface area contributed by atoms with Gasteiger partial charge in [-0.05, 0) is 30.3 Å². The number of amides is 2. The summed E-state index contributed by atoms with van der Waals surface area (Å²) in [5.74, 6) is -0.540. The molecule has 3 rings (SSSR count). The first-order chi connectivity index (χ1) is 14.4. The van der Waals surface area contributed by atoms with Crippen molar-refractivity contribution in [1.29, 1.82) is 0 Å². The molecule has 0 saturated carbocycles. The van der Waals surface area contributed by atoms with Crippen LogP contribution in [0.25, 0.3) is 0 Å². The lowest BCUT2D eigenvalue weighted by Gasteiger charge is -2.26. The SMILES string of the molecule is COc1ccccc1C(=O)NCC(=O)Nc1cccc(S(=O)(=O)N2CCOCC2)c1. The van der Waals surface area contributed by atoms with Gasteiger partial charge >= 0.3 is 0 Å². The van der Waals surface area contributed by atoms with Gasteiger partial charge in [0.2, 0.25) is 15.9 Å². The molecule has 0 aliphatic carbocycles. The van der Waals surface area contributed by atoms with Crippen LogP contribution in [0.4, 0.5) is 5.69 Å². The van der Waals surface area contributed by atoms with Crippen molar-refractivity contribution in [1.82, 2.24) is 9.62 Å². The molecule has 1 aliphatic rings. The molecule has 1 aliphatic heterocycles. The Morgan fingerprint density at radius 1 is 1.10 bits per heavy atom. The highest BCUT2D eigenvalue weighted by molar-refractivity contribution is 7.89. The van der Waals surface area contributed by atoms with Crippen LogP contribution in [0.3, 0.4) is 0 Å². The summed E-state index contributed by atoms with van der Waals surface area (Å²) in [5.41, 5.74) is 0.632. The van der Waals surface area contributed by atoms with Gasteiger partial charge in [-0.3, -0.25) is 9.59 Å². The number of rotatable bonds is 7. The van der Waals surface area contributed by atoms with E-state index in [1.165, 1.54) is 23.5 Å². The first-order valence-corrected chi connectivity index (χ1v) is 10.7. The minimum absolute atomic E-state index is 0.0836. The van der Waals surface area contributed by atoms with Gasteiger partial charge in [-0.1, -0.05) is 18.2 Å². The first kappa shape index (κ1) is 21.8. The summed E-state index contributed by atoms with van der Waals surface area (Å²) in [6, 6.07) is 12.7. The number of methoxy groups -OCH3 is 1. The summed E-state index contributed by atoms with van der Waals surface area (Å²) in [6.07, 6.45) is 0. The third kappa shape index (κ3) is 5.15. The fourth-order valence-corrected chi connectivity index (χ4v) is 4.42. The third-order valence-electron chi connectivity index (χ3n) is 4.49. The molecule has 30 heavy (non-hydrogen) atoms. The minimum atomic E-state index is -3.67. The van der Waals surface area contributed by atoms with Gasteiger partial charge in [-0.2, -0.15) is 4.31 Å². The summed E-state index contributed by atoms with van der Waals surface area (Å²) >= 11 is 0. The number of nitrogens with zero attached hydrogens (tertiary/aromatic N) is 1. The zero-order chi connectivity index (χ0) is 21.6. The second kappa shape index (κ2) is 9.70. The number of morpholine rings is 1.